The van der Waals surface area contributed by atoms with Crippen LogP contribution in [0.1, 0.15) is 21.8 Å². The van der Waals surface area contributed by atoms with Crippen molar-refractivity contribution in [2.75, 3.05) is 31.3 Å². The van der Waals surface area contributed by atoms with E-state index >= 15 is 0 Å². The lowest BCUT2D eigenvalue weighted by Gasteiger charge is -2.28. The summed E-state index contributed by atoms with van der Waals surface area (Å²) in [5, 5.41) is 18.2. The minimum absolute atomic E-state index is 0.0946. The second kappa shape index (κ2) is 9.38. The lowest BCUT2D eigenvalue weighted by molar-refractivity contribution is 0.0912. The number of rotatable bonds is 8. The first-order valence-electron chi connectivity index (χ1n) is 8.25. The molecule has 0 bridgehead atoms. The van der Waals surface area contributed by atoms with Crippen molar-refractivity contribution in [1.29, 1.82) is 0 Å². The van der Waals surface area contributed by atoms with E-state index in [1.165, 1.54) is 0 Å². The summed E-state index contributed by atoms with van der Waals surface area (Å²) in [4.78, 5) is 0. The molecule has 0 fully saturated rings. The molecule has 25 heavy (non-hydrogen) atoms. The van der Waals surface area contributed by atoms with Gasteiger partial charge in [-0.05, 0) is 23.3 Å². The summed E-state index contributed by atoms with van der Waals surface area (Å²) >= 11 is 3.34. The first-order chi connectivity index (χ1) is 12.3. The van der Waals surface area contributed by atoms with Crippen molar-refractivity contribution in [2.45, 2.75) is 10.7 Å². The van der Waals surface area contributed by atoms with Crippen molar-refractivity contribution < 1.29 is 19.7 Å². The molecule has 0 radical (unpaired) electrons. The van der Waals surface area contributed by atoms with E-state index in [-0.39, 0.29) is 23.9 Å². The lowest BCUT2D eigenvalue weighted by atomic mass is 10.1. The minimum atomic E-state index is -0.0946. The zero-order valence-electron chi connectivity index (χ0n) is 13.8. The fourth-order valence-electron chi connectivity index (χ4n) is 2.63. The average Bonchev–Trinajstić information content (AvgIpc) is 2.68. The van der Waals surface area contributed by atoms with Gasteiger partial charge in [0.25, 0.3) is 0 Å². The molecule has 4 nitrogen and oxygen atoms in total. The van der Waals surface area contributed by atoms with Gasteiger partial charge in [0, 0.05) is 11.5 Å². The van der Waals surface area contributed by atoms with Gasteiger partial charge in [-0.3, -0.25) is 0 Å². The molecule has 1 atom stereocenters. The van der Waals surface area contributed by atoms with E-state index < -0.39 is 0 Å². The zero-order chi connectivity index (χ0) is 17.5. The highest BCUT2D eigenvalue weighted by Crippen LogP contribution is 2.44. The molecule has 0 aromatic heterocycles. The van der Waals surface area contributed by atoms with Crippen molar-refractivity contribution in [3.8, 4) is 11.5 Å². The lowest BCUT2D eigenvalue weighted by Crippen LogP contribution is -2.21. The largest absolute Gasteiger partial charge is 0.485 e. The maximum atomic E-state index is 9.09. The van der Waals surface area contributed by atoms with Crippen molar-refractivity contribution in [2.24, 2.45) is 0 Å². The second-order valence-electron chi connectivity index (χ2n) is 5.56. The minimum Gasteiger partial charge on any atom is -0.485 e. The molecule has 1 aliphatic heterocycles. The van der Waals surface area contributed by atoms with Gasteiger partial charge in [-0.15, -0.1) is 23.5 Å². The van der Waals surface area contributed by atoms with Crippen LogP contribution in [0.2, 0.25) is 0 Å². The van der Waals surface area contributed by atoms with Gasteiger partial charge in [0.15, 0.2) is 17.6 Å². The normalized spacial score (nSPS) is 16.2. The summed E-state index contributed by atoms with van der Waals surface area (Å²) in [6.45, 7) is 0.771. The SMILES string of the molecule is OCCSC(SCCO)c1ccc2c(c1)OCC(c1ccccc1)O2. The molecule has 0 saturated carbocycles. The summed E-state index contributed by atoms with van der Waals surface area (Å²) in [6.07, 6.45) is -0.0946. The van der Waals surface area contributed by atoms with E-state index in [2.05, 4.69) is 0 Å². The van der Waals surface area contributed by atoms with Crippen molar-refractivity contribution in [3.63, 3.8) is 0 Å². The van der Waals surface area contributed by atoms with E-state index in [1.54, 1.807) is 23.5 Å². The summed E-state index contributed by atoms with van der Waals surface area (Å²) in [6, 6.07) is 16.1. The van der Waals surface area contributed by atoms with Crippen LogP contribution in [-0.2, 0) is 0 Å². The van der Waals surface area contributed by atoms with Gasteiger partial charge in [-0.25, -0.2) is 0 Å². The van der Waals surface area contributed by atoms with Crippen LogP contribution in [-0.4, -0.2) is 41.5 Å². The molecule has 0 amide bonds. The van der Waals surface area contributed by atoms with Crippen LogP contribution in [0.15, 0.2) is 48.5 Å². The van der Waals surface area contributed by atoms with Crippen LogP contribution in [0.4, 0.5) is 0 Å². The van der Waals surface area contributed by atoms with Gasteiger partial charge in [0.2, 0.25) is 0 Å². The standard InChI is InChI=1S/C19H22O4S2/c20-8-10-24-19(25-11-9-21)15-6-7-16-17(12-15)22-13-18(23-16)14-4-2-1-3-5-14/h1-7,12,18-21H,8-11,13H2. The predicted octanol–water partition coefficient (Wildman–Crippen LogP) is 3.65. The number of benzene rings is 2. The number of thioether (sulfide) groups is 2. The molecule has 0 spiro atoms. The molecule has 2 N–H and O–H groups in total. The predicted molar refractivity (Wildman–Crippen MR) is 104 cm³/mol. The summed E-state index contributed by atoms with van der Waals surface area (Å²) in [5.74, 6) is 2.83. The molecule has 1 aliphatic rings. The van der Waals surface area contributed by atoms with Gasteiger partial charge in [0.05, 0.1) is 17.8 Å². The Hall–Kier alpha value is -1.34. The molecule has 3 rings (SSSR count). The van der Waals surface area contributed by atoms with Gasteiger partial charge in [-0.1, -0.05) is 36.4 Å². The monoisotopic (exact) mass is 378 g/mol. The van der Waals surface area contributed by atoms with E-state index in [9.17, 15) is 0 Å². The molecule has 2 aromatic rings. The fourth-order valence-corrected chi connectivity index (χ4v) is 4.91. The average molecular weight is 379 g/mol. The van der Waals surface area contributed by atoms with Crippen molar-refractivity contribution in [3.05, 3.63) is 59.7 Å². The zero-order valence-corrected chi connectivity index (χ0v) is 15.5. The summed E-state index contributed by atoms with van der Waals surface area (Å²) < 4.78 is 12.2. The molecule has 0 saturated heterocycles. The van der Waals surface area contributed by atoms with Gasteiger partial charge >= 0.3 is 0 Å². The highest BCUT2D eigenvalue weighted by molar-refractivity contribution is 8.16. The maximum absolute atomic E-state index is 9.09. The maximum Gasteiger partial charge on any atom is 0.162 e. The highest BCUT2D eigenvalue weighted by atomic mass is 32.2. The third-order valence-corrected chi connectivity index (χ3v) is 6.59. The van der Waals surface area contributed by atoms with Crippen molar-refractivity contribution >= 4 is 23.5 Å². The van der Waals surface area contributed by atoms with Gasteiger partial charge < -0.3 is 19.7 Å². The first kappa shape index (κ1) is 18.5. The number of ether oxygens (including phenoxy) is 2. The van der Waals surface area contributed by atoms with Crippen LogP contribution < -0.4 is 9.47 Å². The van der Waals surface area contributed by atoms with E-state index in [0.717, 1.165) is 22.6 Å². The van der Waals surface area contributed by atoms with Crippen LogP contribution in [0.25, 0.3) is 0 Å². The highest BCUT2D eigenvalue weighted by Gasteiger charge is 2.24. The quantitative estimate of drug-likeness (QED) is 0.684. The summed E-state index contributed by atoms with van der Waals surface area (Å²) in [5.41, 5.74) is 2.21. The van der Waals surface area contributed by atoms with Crippen molar-refractivity contribution in [1.82, 2.24) is 0 Å². The number of aliphatic hydroxyl groups is 2. The third kappa shape index (κ3) is 4.85. The molecule has 1 heterocycles. The number of hydrogen-bond donors (Lipinski definition) is 2. The molecule has 6 heteroatoms. The number of fused-ring (bicyclic) bond motifs is 1. The Labute approximate surface area is 156 Å². The van der Waals surface area contributed by atoms with E-state index in [1.807, 2.05) is 48.5 Å². The Bertz CT molecular complexity index is 658. The Morgan fingerprint density at radius 3 is 2.36 bits per heavy atom. The fraction of sp³-hybridized carbons (Fsp3) is 0.368. The number of aliphatic hydroxyl groups excluding tert-OH is 2. The van der Waals surface area contributed by atoms with E-state index in [4.69, 9.17) is 19.7 Å². The first-order valence-corrected chi connectivity index (χ1v) is 10.3. The Balaban J connectivity index is 1.74. The molecule has 0 aliphatic carbocycles. The molecular weight excluding hydrogens is 356 g/mol. The molecule has 2 aromatic carbocycles. The van der Waals surface area contributed by atoms with E-state index in [0.29, 0.717) is 18.1 Å². The topological polar surface area (TPSA) is 58.9 Å². The smallest absolute Gasteiger partial charge is 0.162 e. The van der Waals surface area contributed by atoms with Crippen LogP contribution in [0, 0.1) is 0 Å². The van der Waals surface area contributed by atoms with Crippen LogP contribution in [0.5, 0.6) is 11.5 Å². The Morgan fingerprint density at radius 1 is 0.960 bits per heavy atom. The third-order valence-electron chi connectivity index (χ3n) is 3.79. The summed E-state index contributed by atoms with van der Waals surface area (Å²) in [7, 11) is 0. The number of hydrogen-bond acceptors (Lipinski definition) is 6. The molecule has 134 valence electrons. The second-order valence-corrected chi connectivity index (χ2v) is 8.28. The molecule has 1 unspecified atom stereocenters. The molecular formula is C19H22O4S2. The van der Waals surface area contributed by atoms with Crippen LogP contribution >= 0.6 is 23.5 Å². The Morgan fingerprint density at radius 2 is 1.68 bits per heavy atom. The Kier molecular flexibility index (Phi) is 6.93. The van der Waals surface area contributed by atoms with Gasteiger partial charge in [-0.2, -0.15) is 0 Å². The van der Waals surface area contributed by atoms with Crippen LogP contribution in [0.3, 0.4) is 0 Å². The van der Waals surface area contributed by atoms with Gasteiger partial charge in [0.1, 0.15) is 6.61 Å².